The Morgan fingerprint density at radius 1 is 1.07 bits per heavy atom. The molecular weight excluding hydrogens is 383 g/mol. The van der Waals surface area contributed by atoms with Crippen LogP contribution in [0.25, 0.3) is 10.6 Å². The summed E-state index contributed by atoms with van der Waals surface area (Å²) in [5.41, 5.74) is 2.17. The molecule has 0 saturated carbocycles. The van der Waals surface area contributed by atoms with Gasteiger partial charge in [0.1, 0.15) is 5.01 Å². The standard InChI is InChI=1S/C21H20F3N3S/c22-21(23,24)16-8-6-15(7-9-16)20-26-19(14-28-20)13-27-11-10-18(12-27)25-17-4-2-1-3-5-17/h1-9,14,18,25H,10-13H2. The van der Waals surface area contributed by atoms with Gasteiger partial charge in [-0.05, 0) is 30.7 Å². The van der Waals surface area contributed by atoms with Gasteiger partial charge in [-0.15, -0.1) is 11.3 Å². The van der Waals surface area contributed by atoms with Crippen molar-refractivity contribution in [3.05, 3.63) is 71.2 Å². The van der Waals surface area contributed by atoms with Crippen LogP contribution in [0.2, 0.25) is 0 Å². The number of nitrogens with zero attached hydrogens (tertiary/aromatic N) is 2. The van der Waals surface area contributed by atoms with Crippen molar-refractivity contribution in [3.8, 4) is 10.6 Å². The van der Waals surface area contributed by atoms with Crippen molar-refractivity contribution in [2.45, 2.75) is 25.2 Å². The zero-order valence-corrected chi connectivity index (χ0v) is 15.9. The highest BCUT2D eigenvalue weighted by molar-refractivity contribution is 7.13. The normalized spacial score (nSPS) is 17.8. The fourth-order valence-corrected chi connectivity index (χ4v) is 4.22. The first-order valence-corrected chi connectivity index (χ1v) is 10.0. The number of aromatic nitrogens is 1. The lowest BCUT2D eigenvalue weighted by atomic mass is 10.1. The van der Waals surface area contributed by atoms with Crippen molar-refractivity contribution < 1.29 is 13.2 Å². The molecule has 28 heavy (non-hydrogen) atoms. The number of benzene rings is 2. The Balaban J connectivity index is 1.35. The van der Waals surface area contributed by atoms with Crippen LogP contribution in [0.1, 0.15) is 17.7 Å². The van der Waals surface area contributed by atoms with Crippen molar-refractivity contribution in [2.24, 2.45) is 0 Å². The van der Waals surface area contributed by atoms with Crippen LogP contribution in [0.15, 0.2) is 60.0 Å². The summed E-state index contributed by atoms with van der Waals surface area (Å²) in [4.78, 5) is 6.97. The second-order valence-corrected chi connectivity index (χ2v) is 7.81. The molecule has 1 fully saturated rings. The van der Waals surface area contributed by atoms with Crippen molar-refractivity contribution in [1.29, 1.82) is 0 Å². The number of hydrogen-bond acceptors (Lipinski definition) is 4. The monoisotopic (exact) mass is 403 g/mol. The van der Waals surface area contributed by atoms with Gasteiger partial charge >= 0.3 is 6.18 Å². The highest BCUT2D eigenvalue weighted by Gasteiger charge is 2.30. The van der Waals surface area contributed by atoms with E-state index in [1.807, 2.05) is 23.6 Å². The maximum Gasteiger partial charge on any atom is 0.416 e. The fourth-order valence-electron chi connectivity index (χ4n) is 3.41. The minimum Gasteiger partial charge on any atom is -0.381 e. The van der Waals surface area contributed by atoms with E-state index in [9.17, 15) is 13.2 Å². The summed E-state index contributed by atoms with van der Waals surface area (Å²) in [5, 5.41) is 6.30. The third-order valence-electron chi connectivity index (χ3n) is 4.81. The molecule has 0 amide bonds. The van der Waals surface area contributed by atoms with E-state index in [1.54, 1.807) is 0 Å². The Bertz CT molecular complexity index is 907. The molecule has 3 nitrogen and oxygen atoms in total. The second-order valence-electron chi connectivity index (χ2n) is 6.95. The van der Waals surface area contributed by atoms with Gasteiger partial charge in [0.25, 0.3) is 0 Å². The summed E-state index contributed by atoms with van der Waals surface area (Å²) in [5.74, 6) is 0. The van der Waals surface area contributed by atoms with E-state index in [1.165, 1.54) is 23.5 Å². The quantitative estimate of drug-likeness (QED) is 0.608. The Morgan fingerprint density at radius 3 is 2.54 bits per heavy atom. The van der Waals surface area contributed by atoms with E-state index < -0.39 is 11.7 Å². The van der Waals surface area contributed by atoms with Crippen LogP contribution < -0.4 is 5.32 Å². The molecule has 1 aromatic heterocycles. The molecule has 0 bridgehead atoms. The lowest BCUT2D eigenvalue weighted by molar-refractivity contribution is -0.137. The smallest absolute Gasteiger partial charge is 0.381 e. The first-order chi connectivity index (χ1) is 13.5. The molecule has 0 spiro atoms. The first-order valence-electron chi connectivity index (χ1n) is 9.13. The van der Waals surface area contributed by atoms with Gasteiger partial charge in [-0.25, -0.2) is 4.98 Å². The van der Waals surface area contributed by atoms with E-state index in [2.05, 4.69) is 27.3 Å². The molecule has 0 radical (unpaired) electrons. The van der Waals surface area contributed by atoms with E-state index in [-0.39, 0.29) is 0 Å². The van der Waals surface area contributed by atoms with Gasteiger partial charge in [-0.3, -0.25) is 4.90 Å². The largest absolute Gasteiger partial charge is 0.416 e. The zero-order valence-electron chi connectivity index (χ0n) is 15.1. The molecule has 7 heteroatoms. The maximum atomic E-state index is 12.7. The number of alkyl halides is 3. The van der Waals surface area contributed by atoms with Gasteiger partial charge < -0.3 is 5.32 Å². The molecule has 4 rings (SSSR count). The number of thiazole rings is 1. The maximum absolute atomic E-state index is 12.7. The van der Waals surface area contributed by atoms with Crippen molar-refractivity contribution in [1.82, 2.24) is 9.88 Å². The second kappa shape index (κ2) is 7.93. The predicted molar refractivity (Wildman–Crippen MR) is 106 cm³/mol. The molecule has 1 unspecified atom stereocenters. The summed E-state index contributed by atoms with van der Waals surface area (Å²) in [6.07, 6.45) is -3.24. The summed E-state index contributed by atoms with van der Waals surface area (Å²) in [6, 6.07) is 15.8. The van der Waals surface area contributed by atoms with Gasteiger partial charge in [0.15, 0.2) is 0 Å². The molecule has 2 heterocycles. The van der Waals surface area contributed by atoms with Crippen LogP contribution in [-0.4, -0.2) is 29.0 Å². The van der Waals surface area contributed by atoms with E-state index >= 15 is 0 Å². The van der Waals surface area contributed by atoms with Gasteiger partial charge in [0.2, 0.25) is 0 Å². The average molecular weight is 403 g/mol. The molecule has 1 N–H and O–H groups in total. The number of halogens is 3. The van der Waals surface area contributed by atoms with Crippen LogP contribution in [0, 0.1) is 0 Å². The Kier molecular flexibility index (Phi) is 5.37. The summed E-state index contributed by atoms with van der Waals surface area (Å²) >= 11 is 1.47. The van der Waals surface area contributed by atoms with Crippen LogP contribution in [0.4, 0.5) is 18.9 Å². The summed E-state index contributed by atoms with van der Waals surface area (Å²) in [7, 11) is 0. The number of nitrogens with one attached hydrogen (secondary N) is 1. The molecule has 146 valence electrons. The number of para-hydroxylation sites is 1. The molecule has 2 aromatic carbocycles. The Morgan fingerprint density at radius 2 is 1.82 bits per heavy atom. The molecular formula is C21H20F3N3S. The van der Waals surface area contributed by atoms with E-state index in [4.69, 9.17) is 0 Å². The average Bonchev–Trinajstić information content (AvgIpc) is 3.32. The zero-order chi connectivity index (χ0) is 19.6. The van der Waals surface area contributed by atoms with Gasteiger partial charge in [0, 0.05) is 42.3 Å². The van der Waals surface area contributed by atoms with Crippen molar-refractivity contribution in [3.63, 3.8) is 0 Å². The van der Waals surface area contributed by atoms with Gasteiger partial charge in [-0.2, -0.15) is 13.2 Å². The number of hydrogen-bond donors (Lipinski definition) is 1. The molecule has 3 aromatic rings. The summed E-state index contributed by atoms with van der Waals surface area (Å²) in [6.45, 7) is 2.70. The number of anilines is 1. The Labute approximate surface area is 165 Å². The third kappa shape index (κ3) is 4.54. The summed E-state index contributed by atoms with van der Waals surface area (Å²) < 4.78 is 38.1. The highest BCUT2D eigenvalue weighted by Crippen LogP contribution is 2.32. The third-order valence-corrected chi connectivity index (χ3v) is 5.75. The van der Waals surface area contributed by atoms with Crippen molar-refractivity contribution >= 4 is 17.0 Å². The molecule has 0 aliphatic carbocycles. The topological polar surface area (TPSA) is 28.2 Å². The molecule has 1 atom stereocenters. The van der Waals surface area contributed by atoms with Crippen LogP contribution >= 0.6 is 11.3 Å². The van der Waals surface area contributed by atoms with Crippen LogP contribution in [-0.2, 0) is 12.7 Å². The molecule has 1 aliphatic rings. The highest BCUT2D eigenvalue weighted by atomic mass is 32.1. The number of rotatable bonds is 5. The lowest BCUT2D eigenvalue weighted by Gasteiger charge is -2.16. The first kappa shape index (κ1) is 19.0. The Hall–Kier alpha value is -2.38. The van der Waals surface area contributed by atoms with Crippen LogP contribution in [0.5, 0.6) is 0 Å². The minimum absolute atomic E-state index is 0.412. The molecule has 1 saturated heterocycles. The van der Waals surface area contributed by atoms with E-state index in [0.717, 1.165) is 54.6 Å². The SMILES string of the molecule is FC(F)(F)c1ccc(-c2nc(CN3CCC(Nc4ccccc4)C3)cs2)cc1. The van der Waals surface area contributed by atoms with Gasteiger partial charge in [0.05, 0.1) is 11.3 Å². The predicted octanol–water partition coefficient (Wildman–Crippen LogP) is 5.52. The van der Waals surface area contributed by atoms with Crippen molar-refractivity contribution in [2.75, 3.05) is 18.4 Å². The molecule has 1 aliphatic heterocycles. The minimum atomic E-state index is -4.31. The van der Waals surface area contributed by atoms with Gasteiger partial charge in [-0.1, -0.05) is 30.3 Å². The lowest BCUT2D eigenvalue weighted by Crippen LogP contribution is -2.26. The van der Waals surface area contributed by atoms with E-state index in [0.29, 0.717) is 11.6 Å². The van der Waals surface area contributed by atoms with Crippen LogP contribution in [0.3, 0.4) is 0 Å². The fraction of sp³-hybridized carbons (Fsp3) is 0.286. The number of likely N-dealkylation sites (tertiary alicyclic amines) is 1.